The van der Waals surface area contributed by atoms with Crippen LogP contribution in [-0.4, -0.2) is 28.6 Å². The smallest absolute Gasteiger partial charge is 0.155 e. The van der Waals surface area contributed by atoms with Gasteiger partial charge in [0.05, 0.1) is 6.07 Å². The molecule has 0 spiro atoms. The lowest BCUT2D eigenvalue weighted by atomic mass is 10.2. The van der Waals surface area contributed by atoms with Crippen LogP contribution in [0, 0.1) is 11.3 Å². The summed E-state index contributed by atoms with van der Waals surface area (Å²) in [7, 11) is -2.37. The third-order valence-electron chi connectivity index (χ3n) is 4.08. The molecule has 0 heterocycles. The zero-order valence-electron chi connectivity index (χ0n) is 12.2. The average molecular weight is 270 g/mol. The van der Waals surface area contributed by atoms with Crippen LogP contribution < -0.4 is 0 Å². The predicted molar refractivity (Wildman–Crippen MR) is 77.1 cm³/mol. The summed E-state index contributed by atoms with van der Waals surface area (Å²) >= 11 is 0. The molecule has 0 aromatic heterocycles. The van der Waals surface area contributed by atoms with Crippen LogP contribution in [0.1, 0.15) is 59.8 Å². The minimum Gasteiger partial charge on any atom is -0.306 e. The average Bonchev–Trinajstić information content (AvgIpc) is 2.82. The molecule has 0 aromatic rings. The molecule has 0 unspecified atom stereocenters. The Morgan fingerprint density at radius 3 is 2.11 bits per heavy atom. The Morgan fingerprint density at radius 1 is 1.22 bits per heavy atom. The van der Waals surface area contributed by atoms with Gasteiger partial charge in [-0.25, -0.2) is 4.67 Å². The van der Waals surface area contributed by atoms with E-state index in [-0.39, 0.29) is 11.3 Å². The minimum atomic E-state index is -2.37. The molecule has 1 saturated carbocycles. The maximum atomic E-state index is 13.4. The SMILES string of the molecule is CC(C)P(=O)(C(C)C)N(CCC#N)C1CCCC1. The first-order valence-electron chi connectivity index (χ1n) is 7.18. The third-order valence-corrected chi connectivity index (χ3v) is 8.37. The van der Waals surface area contributed by atoms with Gasteiger partial charge in [0.15, 0.2) is 7.29 Å². The van der Waals surface area contributed by atoms with Crippen LogP contribution in [0.15, 0.2) is 0 Å². The van der Waals surface area contributed by atoms with Crippen molar-refractivity contribution in [1.82, 2.24) is 4.67 Å². The van der Waals surface area contributed by atoms with Crippen molar-refractivity contribution in [2.24, 2.45) is 0 Å². The van der Waals surface area contributed by atoms with Crippen LogP contribution in [0.4, 0.5) is 0 Å². The lowest BCUT2D eigenvalue weighted by molar-refractivity contribution is 0.318. The topological polar surface area (TPSA) is 44.1 Å². The molecule has 0 aliphatic heterocycles. The highest BCUT2D eigenvalue weighted by Gasteiger charge is 2.41. The standard InChI is InChI=1S/C14H27N2OP/c1-12(2)18(17,13(3)4)16(11-7-10-15)14-8-5-6-9-14/h12-14H,5-9,11H2,1-4H3. The summed E-state index contributed by atoms with van der Waals surface area (Å²) in [5, 5.41) is 8.83. The molecule has 0 aromatic carbocycles. The fraction of sp³-hybridized carbons (Fsp3) is 0.929. The third kappa shape index (κ3) is 3.16. The van der Waals surface area contributed by atoms with E-state index in [0.717, 1.165) is 12.8 Å². The lowest BCUT2D eigenvalue weighted by Gasteiger charge is -2.40. The van der Waals surface area contributed by atoms with Crippen LogP contribution in [0.25, 0.3) is 0 Å². The Hall–Kier alpha value is -0.320. The van der Waals surface area contributed by atoms with Crippen LogP contribution in [0.2, 0.25) is 0 Å². The van der Waals surface area contributed by atoms with Crippen molar-refractivity contribution in [1.29, 1.82) is 5.26 Å². The normalized spacial score (nSPS) is 17.9. The van der Waals surface area contributed by atoms with Gasteiger partial charge in [-0.05, 0) is 12.8 Å². The van der Waals surface area contributed by atoms with Crippen molar-refractivity contribution >= 4 is 7.29 Å². The van der Waals surface area contributed by atoms with E-state index in [0.29, 0.717) is 19.0 Å². The maximum absolute atomic E-state index is 13.4. The van der Waals surface area contributed by atoms with Gasteiger partial charge in [0.1, 0.15) is 0 Å². The summed E-state index contributed by atoms with van der Waals surface area (Å²) in [6.45, 7) is 8.93. The van der Waals surface area contributed by atoms with Crippen molar-refractivity contribution in [3.8, 4) is 6.07 Å². The highest BCUT2D eigenvalue weighted by Crippen LogP contribution is 2.60. The zero-order chi connectivity index (χ0) is 13.8. The predicted octanol–water partition coefficient (Wildman–Crippen LogP) is 4.24. The molecule has 18 heavy (non-hydrogen) atoms. The molecule has 4 heteroatoms. The highest BCUT2D eigenvalue weighted by atomic mass is 31.2. The van der Waals surface area contributed by atoms with E-state index < -0.39 is 7.29 Å². The second kappa shape index (κ2) is 6.73. The van der Waals surface area contributed by atoms with Crippen molar-refractivity contribution in [2.45, 2.75) is 77.2 Å². The van der Waals surface area contributed by atoms with E-state index >= 15 is 0 Å². The van der Waals surface area contributed by atoms with Gasteiger partial charge in [0.25, 0.3) is 0 Å². The minimum absolute atomic E-state index is 0.178. The van der Waals surface area contributed by atoms with Crippen LogP contribution in [0.3, 0.4) is 0 Å². The Kier molecular flexibility index (Phi) is 5.89. The quantitative estimate of drug-likeness (QED) is 0.678. The Bertz CT molecular complexity index is 328. The maximum Gasteiger partial charge on any atom is 0.155 e. The van der Waals surface area contributed by atoms with Gasteiger partial charge in [-0.1, -0.05) is 40.5 Å². The molecule has 3 nitrogen and oxygen atoms in total. The summed E-state index contributed by atoms with van der Waals surface area (Å²) in [5.41, 5.74) is 0.355. The molecular weight excluding hydrogens is 243 g/mol. The first-order chi connectivity index (χ1) is 8.44. The van der Waals surface area contributed by atoms with Gasteiger partial charge < -0.3 is 4.57 Å². The van der Waals surface area contributed by atoms with E-state index in [1.807, 2.05) is 0 Å². The fourth-order valence-corrected chi connectivity index (χ4v) is 6.68. The lowest BCUT2D eigenvalue weighted by Crippen LogP contribution is -2.36. The number of hydrogen-bond acceptors (Lipinski definition) is 2. The molecule has 104 valence electrons. The molecule has 0 saturated heterocycles. The molecule has 1 fully saturated rings. The Morgan fingerprint density at radius 2 is 1.72 bits per heavy atom. The zero-order valence-corrected chi connectivity index (χ0v) is 13.1. The first-order valence-corrected chi connectivity index (χ1v) is 8.97. The summed E-state index contributed by atoms with van der Waals surface area (Å²) in [6.07, 6.45) is 5.26. The van der Waals surface area contributed by atoms with E-state index in [4.69, 9.17) is 5.26 Å². The summed E-state index contributed by atoms with van der Waals surface area (Å²) in [5.74, 6) is 0. The van der Waals surface area contributed by atoms with Crippen molar-refractivity contribution in [3.05, 3.63) is 0 Å². The summed E-state index contributed by atoms with van der Waals surface area (Å²) < 4.78 is 15.6. The van der Waals surface area contributed by atoms with Crippen molar-refractivity contribution in [3.63, 3.8) is 0 Å². The number of hydrogen-bond donors (Lipinski definition) is 0. The summed E-state index contributed by atoms with van der Waals surface area (Å²) in [6, 6.07) is 2.65. The van der Waals surface area contributed by atoms with Gasteiger partial charge in [-0.15, -0.1) is 0 Å². The van der Waals surface area contributed by atoms with E-state index in [2.05, 4.69) is 38.4 Å². The summed E-state index contributed by atoms with van der Waals surface area (Å²) in [4.78, 5) is 0. The van der Waals surface area contributed by atoms with Crippen LogP contribution in [-0.2, 0) is 4.57 Å². The fourth-order valence-electron chi connectivity index (χ4n) is 3.15. The first kappa shape index (κ1) is 15.7. The van der Waals surface area contributed by atoms with Gasteiger partial charge >= 0.3 is 0 Å². The number of nitrogens with zero attached hydrogens (tertiary/aromatic N) is 2. The van der Waals surface area contributed by atoms with Crippen LogP contribution >= 0.6 is 7.29 Å². The monoisotopic (exact) mass is 270 g/mol. The molecule has 1 rings (SSSR count). The molecule has 0 amide bonds. The van der Waals surface area contributed by atoms with Gasteiger partial charge in [-0.3, -0.25) is 0 Å². The molecular formula is C14H27N2OP. The van der Waals surface area contributed by atoms with E-state index in [1.54, 1.807) is 0 Å². The highest BCUT2D eigenvalue weighted by molar-refractivity contribution is 7.62. The molecule has 0 bridgehead atoms. The Labute approximate surface area is 112 Å². The number of rotatable bonds is 6. The van der Waals surface area contributed by atoms with Gasteiger partial charge in [0, 0.05) is 30.3 Å². The molecule has 1 aliphatic rings. The molecule has 0 atom stereocenters. The van der Waals surface area contributed by atoms with Crippen molar-refractivity contribution in [2.75, 3.05) is 6.54 Å². The second-order valence-electron chi connectivity index (χ2n) is 5.87. The van der Waals surface area contributed by atoms with E-state index in [9.17, 15) is 4.57 Å². The largest absolute Gasteiger partial charge is 0.306 e. The van der Waals surface area contributed by atoms with Gasteiger partial charge in [-0.2, -0.15) is 5.26 Å². The van der Waals surface area contributed by atoms with Crippen molar-refractivity contribution < 1.29 is 4.57 Å². The van der Waals surface area contributed by atoms with Gasteiger partial charge in [0.2, 0.25) is 0 Å². The number of nitriles is 1. The molecule has 1 aliphatic carbocycles. The second-order valence-corrected chi connectivity index (χ2v) is 9.79. The van der Waals surface area contributed by atoms with E-state index in [1.165, 1.54) is 12.8 Å². The molecule has 0 radical (unpaired) electrons. The van der Waals surface area contributed by atoms with Crippen LogP contribution in [0.5, 0.6) is 0 Å². The Balaban J connectivity index is 2.98. The molecule has 0 N–H and O–H groups in total.